The molecule has 0 unspecified atom stereocenters. The molecule has 5 heteroatoms. The minimum absolute atomic E-state index is 0.263. The molecule has 3 rings (SSSR count). The van der Waals surface area contributed by atoms with Crippen LogP contribution in [-0.4, -0.2) is 19.4 Å². The van der Waals surface area contributed by atoms with Crippen molar-refractivity contribution in [3.63, 3.8) is 0 Å². The van der Waals surface area contributed by atoms with E-state index in [0.29, 0.717) is 17.7 Å². The largest absolute Gasteiger partial charge is 0.361 e. The second-order valence-corrected chi connectivity index (χ2v) is 9.15. The molecule has 0 aliphatic carbocycles. The number of sulfonamides is 1. The molecule has 3 aromatic rings. The highest BCUT2D eigenvalue weighted by atomic mass is 32.2. The van der Waals surface area contributed by atoms with Gasteiger partial charge in [-0.1, -0.05) is 30.3 Å². The quantitative estimate of drug-likeness (QED) is 0.560. The van der Waals surface area contributed by atoms with Crippen LogP contribution in [0.1, 0.15) is 34.2 Å². The van der Waals surface area contributed by atoms with Crippen LogP contribution in [-0.2, 0) is 16.4 Å². The van der Waals surface area contributed by atoms with Gasteiger partial charge < -0.3 is 4.98 Å². The first kappa shape index (κ1) is 20.4. The van der Waals surface area contributed by atoms with Gasteiger partial charge in [-0.15, -0.1) is 6.58 Å². The molecule has 0 saturated carbocycles. The summed E-state index contributed by atoms with van der Waals surface area (Å²) in [6, 6.07) is 9.83. The maximum Gasteiger partial charge on any atom is 0.241 e. The molecule has 1 atom stereocenters. The minimum Gasteiger partial charge on any atom is -0.361 e. The Kier molecular flexibility index (Phi) is 5.77. The van der Waals surface area contributed by atoms with Crippen LogP contribution >= 0.6 is 0 Å². The second kappa shape index (κ2) is 7.94. The smallest absolute Gasteiger partial charge is 0.241 e. The molecule has 0 amide bonds. The number of nitrogens with one attached hydrogen (secondary N) is 2. The number of aromatic amines is 1. The van der Waals surface area contributed by atoms with Crippen molar-refractivity contribution in [2.45, 2.75) is 51.5 Å². The van der Waals surface area contributed by atoms with Crippen molar-refractivity contribution in [2.24, 2.45) is 0 Å². The zero-order valence-electron chi connectivity index (χ0n) is 17.0. The van der Waals surface area contributed by atoms with Crippen LogP contribution in [0.25, 0.3) is 10.9 Å². The van der Waals surface area contributed by atoms with E-state index < -0.39 is 10.0 Å². The maximum absolute atomic E-state index is 13.3. The fourth-order valence-corrected chi connectivity index (χ4v) is 5.67. The zero-order chi connectivity index (χ0) is 20.5. The summed E-state index contributed by atoms with van der Waals surface area (Å²) >= 11 is 0. The Morgan fingerprint density at radius 3 is 2.39 bits per heavy atom. The first-order chi connectivity index (χ1) is 13.2. The van der Waals surface area contributed by atoms with Crippen LogP contribution in [0.4, 0.5) is 0 Å². The van der Waals surface area contributed by atoms with Gasteiger partial charge in [0.05, 0.1) is 4.90 Å². The topological polar surface area (TPSA) is 62.0 Å². The van der Waals surface area contributed by atoms with Crippen molar-refractivity contribution in [2.75, 3.05) is 0 Å². The monoisotopic (exact) mass is 396 g/mol. The lowest BCUT2D eigenvalue weighted by atomic mass is 10.0. The molecule has 1 heterocycles. The fourth-order valence-electron chi connectivity index (χ4n) is 3.80. The molecule has 0 spiro atoms. The molecular weight excluding hydrogens is 368 g/mol. The van der Waals surface area contributed by atoms with E-state index in [2.05, 4.69) is 22.4 Å². The highest BCUT2D eigenvalue weighted by molar-refractivity contribution is 7.89. The van der Waals surface area contributed by atoms with E-state index in [-0.39, 0.29) is 6.04 Å². The van der Waals surface area contributed by atoms with E-state index in [0.717, 1.165) is 38.7 Å². The summed E-state index contributed by atoms with van der Waals surface area (Å²) in [6.45, 7) is 11.5. The Balaban J connectivity index is 1.95. The van der Waals surface area contributed by atoms with Gasteiger partial charge in [-0.05, 0) is 74.4 Å². The van der Waals surface area contributed by atoms with Crippen LogP contribution in [0.5, 0.6) is 0 Å². The molecule has 0 aliphatic heterocycles. The third kappa shape index (κ3) is 3.91. The predicted octanol–water partition coefficient (Wildman–Crippen LogP) is 4.87. The number of para-hydroxylation sites is 1. The summed E-state index contributed by atoms with van der Waals surface area (Å²) in [7, 11) is -3.65. The van der Waals surface area contributed by atoms with Gasteiger partial charge in [-0.3, -0.25) is 0 Å². The zero-order valence-corrected chi connectivity index (χ0v) is 17.8. The summed E-state index contributed by atoms with van der Waals surface area (Å²) in [5, 5.41) is 1.12. The van der Waals surface area contributed by atoms with E-state index in [9.17, 15) is 8.42 Å². The van der Waals surface area contributed by atoms with Gasteiger partial charge in [0.1, 0.15) is 0 Å². The molecule has 0 saturated heterocycles. The van der Waals surface area contributed by atoms with E-state index >= 15 is 0 Å². The molecule has 0 aliphatic rings. The minimum atomic E-state index is -3.65. The van der Waals surface area contributed by atoms with Gasteiger partial charge in [0.25, 0.3) is 0 Å². The van der Waals surface area contributed by atoms with E-state index in [1.807, 2.05) is 58.2 Å². The fraction of sp³-hybridized carbons (Fsp3) is 0.304. The SMILES string of the molecule is C=CC[C@@H](Cc1c[nH]c2ccccc12)NS(=O)(=O)c1c(C)c(C)cc(C)c1C. The van der Waals surface area contributed by atoms with E-state index in [4.69, 9.17) is 0 Å². The van der Waals surface area contributed by atoms with Crippen LogP contribution in [0.2, 0.25) is 0 Å². The van der Waals surface area contributed by atoms with Crippen LogP contribution < -0.4 is 4.72 Å². The van der Waals surface area contributed by atoms with E-state index in [1.54, 1.807) is 6.08 Å². The van der Waals surface area contributed by atoms with Crippen LogP contribution in [0.3, 0.4) is 0 Å². The molecule has 0 fully saturated rings. The molecule has 148 valence electrons. The molecule has 4 nitrogen and oxygen atoms in total. The average molecular weight is 397 g/mol. The number of benzene rings is 2. The van der Waals surface area contributed by atoms with Crippen molar-refractivity contribution < 1.29 is 8.42 Å². The summed E-state index contributed by atoms with van der Waals surface area (Å²) in [5.41, 5.74) is 5.73. The average Bonchev–Trinajstić information content (AvgIpc) is 3.03. The molecule has 28 heavy (non-hydrogen) atoms. The van der Waals surface area contributed by atoms with Gasteiger partial charge >= 0.3 is 0 Å². The highest BCUT2D eigenvalue weighted by Crippen LogP contribution is 2.27. The summed E-state index contributed by atoms with van der Waals surface area (Å²) in [6.07, 6.45) is 4.88. The summed E-state index contributed by atoms with van der Waals surface area (Å²) in [4.78, 5) is 3.66. The molecule has 2 aromatic carbocycles. The third-order valence-electron chi connectivity index (χ3n) is 5.48. The number of H-pyrrole nitrogens is 1. The number of hydrogen-bond acceptors (Lipinski definition) is 2. The lowest BCUT2D eigenvalue weighted by Crippen LogP contribution is -2.37. The molecule has 0 bridgehead atoms. The van der Waals surface area contributed by atoms with Crippen molar-refractivity contribution in [3.05, 3.63) is 77.0 Å². The van der Waals surface area contributed by atoms with Gasteiger partial charge in [-0.25, -0.2) is 13.1 Å². The van der Waals surface area contributed by atoms with Crippen LogP contribution in [0.15, 0.2) is 54.1 Å². The van der Waals surface area contributed by atoms with Gasteiger partial charge in [0.15, 0.2) is 0 Å². The molecule has 1 aromatic heterocycles. The Hall–Kier alpha value is -2.37. The Bertz CT molecular complexity index is 1100. The molecule has 0 radical (unpaired) electrons. The Labute approximate surface area is 167 Å². The second-order valence-electron chi connectivity index (χ2n) is 7.50. The molecular formula is C23H28N2O2S. The lowest BCUT2D eigenvalue weighted by Gasteiger charge is -2.21. The van der Waals surface area contributed by atoms with Gasteiger partial charge in [-0.2, -0.15) is 0 Å². The van der Waals surface area contributed by atoms with Crippen molar-refractivity contribution in [3.8, 4) is 0 Å². The summed E-state index contributed by atoms with van der Waals surface area (Å²) in [5.74, 6) is 0. The van der Waals surface area contributed by atoms with Crippen molar-refractivity contribution in [1.82, 2.24) is 9.71 Å². The van der Waals surface area contributed by atoms with Crippen molar-refractivity contribution >= 4 is 20.9 Å². The lowest BCUT2D eigenvalue weighted by molar-refractivity contribution is 0.546. The number of fused-ring (bicyclic) bond motifs is 1. The Morgan fingerprint density at radius 2 is 1.75 bits per heavy atom. The van der Waals surface area contributed by atoms with Crippen LogP contribution in [0, 0.1) is 27.7 Å². The molecule has 2 N–H and O–H groups in total. The van der Waals surface area contributed by atoms with Crippen molar-refractivity contribution in [1.29, 1.82) is 0 Å². The number of rotatable bonds is 7. The normalized spacial score (nSPS) is 13.0. The highest BCUT2D eigenvalue weighted by Gasteiger charge is 2.25. The Morgan fingerprint density at radius 1 is 1.11 bits per heavy atom. The number of aromatic nitrogens is 1. The third-order valence-corrected chi connectivity index (χ3v) is 7.27. The predicted molar refractivity (Wildman–Crippen MR) is 116 cm³/mol. The maximum atomic E-state index is 13.3. The first-order valence-electron chi connectivity index (χ1n) is 9.50. The van der Waals surface area contributed by atoms with E-state index in [1.165, 1.54) is 0 Å². The van der Waals surface area contributed by atoms with Gasteiger partial charge in [0.2, 0.25) is 10.0 Å². The standard InChI is InChI=1S/C23H28N2O2S/c1-6-9-20(13-19-14-24-22-11-8-7-10-21(19)22)25-28(26,27)23-17(4)15(2)12-16(3)18(23)5/h6-8,10-12,14,20,24-25H,1,9,13H2,2-5H3/t20-/m0/s1. The number of aryl methyl sites for hydroxylation is 2. The summed E-state index contributed by atoms with van der Waals surface area (Å²) < 4.78 is 29.5. The first-order valence-corrected chi connectivity index (χ1v) is 11.0. The number of hydrogen-bond donors (Lipinski definition) is 2. The van der Waals surface area contributed by atoms with Gasteiger partial charge in [0, 0.05) is 23.1 Å².